The summed E-state index contributed by atoms with van der Waals surface area (Å²) in [5, 5.41) is 3.35. The van der Waals surface area contributed by atoms with Gasteiger partial charge in [-0.05, 0) is 51.1 Å². The minimum atomic E-state index is 0.109. The van der Waals surface area contributed by atoms with E-state index in [1.807, 2.05) is 23.6 Å². The van der Waals surface area contributed by atoms with Gasteiger partial charge >= 0.3 is 0 Å². The molecule has 0 N–H and O–H groups in total. The van der Waals surface area contributed by atoms with E-state index in [0.29, 0.717) is 10.0 Å². The van der Waals surface area contributed by atoms with Crippen LogP contribution in [-0.4, -0.2) is 0 Å². The van der Waals surface area contributed by atoms with Gasteiger partial charge in [-0.25, -0.2) is 0 Å². The smallest absolute Gasteiger partial charge is 0.0750 e. The molecule has 0 radical (unpaired) electrons. The third kappa shape index (κ3) is 2.82. The van der Waals surface area contributed by atoms with Gasteiger partial charge in [-0.1, -0.05) is 39.1 Å². The quantitative estimate of drug-likeness (QED) is 0.519. The summed E-state index contributed by atoms with van der Waals surface area (Å²) in [6.07, 6.45) is 0. The lowest BCUT2D eigenvalue weighted by atomic mass is 10.1. The van der Waals surface area contributed by atoms with Crippen LogP contribution in [0.2, 0.25) is 10.0 Å². The van der Waals surface area contributed by atoms with E-state index in [2.05, 4.69) is 31.9 Å². The van der Waals surface area contributed by atoms with Crippen LogP contribution in [0.4, 0.5) is 0 Å². The van der Waals surface area contributed by atoms with Gasteiger partial charge < -0.3 is 0 Å². The molecule has 1 heterocycles. The van der Waals surface area contributed by atoms with Crippen molar-refractivity contribution in [2.75, 3.05) is 0 Å². The van der Waals surface area contributed by atoms with Gasteiger partial charge in [-0.3, -0.25) is 0 Å². The van der Waals surface area contributed by atoms with E-state index in [4.69, 9.17) is 23.2 Å². The van der Waals surface area contributed by atoms with E-state index in [0.717, 1.165) is 10.0 Å². The van der Waals surface area contributed by atoms with E-state index < -0.39 is 0 Å². The maximum Gasteiger partial charge on any atom is 0.0750 e. The van der Waals surface area contributed by atoms with Crippen LogP contribution in [0, 0.1) is 0 Å². The molecule has 1 unspecified atom stereocenters. The third-order valence-corrected chi connectivity index (χ3v) is 5.71. The Balaban J connectivity index is 2.41. The van der Waals surface area contributed by atoms with E-state index in [-0.39, 0.29) is 4.83 Å². The second-order valence-corrected chi connectivity index (χ2v) is 6.79. The summed E-state index contributed by atoms with van der Waals surface area (Å²) in [7, 11) is 0. The van der Waals surface area contributed by atoms with Crippen molar-refractivity contribution < 1.29 is 0 Å². The number of hydrogen-bond acceptors (Lipinski definition) is 1. The fourth-order valence-corrected chi connectivity index (χ4v) is 4.65. The fourth-order valence-electron chi connectivity index (χ4n) is 1.36. The molecule has 0 bridgehead atoms. The first-order valence-corrected chi connectivity index (χ1v) is 7.75. The molecule has 0 amide bonds. The first kappa shape index (κ1) is 12.9. The molecular formula is C11H6Br2Cl2S. The van der Waals surface area contributed by atoms with Gasteiger partial charge in [-0.2, -0.15) is 0 Å². The van der Waals surface area contributed by atoms with Crippen molar-refractivity contribution in [3.63, 3.8) is 0 Å². The first-order chi connectivity index (χ1) is 7.58. The van der Waals surface area contributed by atoms with Crippen LogP contribution >= 0.6 is 66.4 Å². The van der Waals surface area contributed by atoms with Crippen LogP contribution in [0.3, 0.4) is 0 Å². The lowest BCUT2D eigenvalue weighted by Crippen LogP contribution is -1.90. The van der Waals surface area contributed by atoms with Crippen LogP contribution in [0.5, 0.6) is 0 Å². The number of halogens is 4. The third-order valence-electron chi connectivity index (χ3n) is 2.05. The van der Waals surface area contributed by atoms with Crippen LogP contribution in [-0.2, 0) is 0 Å². The summed E-state index contributed by atoms with van der Waals surface area (Å²) >= 11 is 20.8. The molecule has 0 nitrogen and oxygen atoms in total. The van der Waals surface area contributed by atoms with Crippen molar-refractivity contribution in [3.8, 4) is 0 Å². The van der Waals surface area contributed by atoms with Gasteiger partial charge in [0.25, 0.3) is 0 Å². The normalized spacial score (nSPS) is 12.8. The number of alkyl halides is 1. The van der Waals surface area contributed by atoms with E-state index >= 15 is 0 Å². The highest BCUT2D eigenvalue weighted by Crippen LogP contribution is 2.40. The summed E-state index contributed by atoms with van der Waals surface area (Å²) < 4.78 is 1.09. The molecule has 0 aliphatic carbocycles. The SMILES string of the molecule is Clc1cc(Cl)cc(C(Br)c2sccc2Br)c1. The molecule has 0 fully saturated rings. The highest BCUT2D eigenvalue weighted by atomic mass is 79.9. The Labute approximate surface area is 125 Å². The minimum Gasteiger partial charge on any atom is -0.146 e. The van der Waals surface area contributed by atoms with E-state index in [9.17, 15) is 0 Å². The van der Waals surface area contributed by atoms with Crippen molar-refractivity contribution in [1.82, 2.24) is 0 Å². The summed E-state index contributed by atoms with van der Waals surface area (Å²) in [6, 6.07) is 7.59. The molecule has 5 heteroatoms. The summed E-state index contributed by atoms with van der Waals surface area (Å²) in [6.45, 7) is 0. The average Bonchev–Trinajstić information content (AvgIpc) is 2.62. The predicted molar refractivity (Wildman–Crippen MR) is 79.3 cm³/mol. The van der Waals surface area contributed by atoms with Crippen molar-refractivity contribution in [3.05, 3.63) is 54.6 Å². The van der Waals surface area contributed by atoms with Crippen molar-refractivity contribution in [1.29, 1.82) is 0 Å². The highest BCUT2D eigenvalue weighted by molar-refractivity contribution is 9.11. The molecule has 1 aromatic heterocycles. The van der Waals surface area contributed by atoms with Crippen LogP contribution in [0.1, 0.15) is 15.3 Å². The Morgan fingerprint density at radius 1 is 1.12 bits per heavy atom. The minimum absolute atomic E-state index is 0.109. The molecule has 0 saturated carbocycles. The van der Waals surface area contributed by atoms with Crippen LogP contribution in [0.15, 0.2) is 34.1 Å². The zero-order valence-electron chi connectivity index (χ0n) is 7.88. The van der Waals surface area contributed by atoms with Gasteiger partial charge in [0.15, 0.2) is 0 Å². The molecular weight excluding hydrogens is 395 g/mol. The number of thiophene rings is 1. The predicted octanol–water partition coefficient (Wildman–Crippen LogP) is 6.30. The van der Waals surface area contributed by atoms with Gasteiger partial charge in [0.05, 0.1) is 4.83 Å². The molecule has 16 heavy (non-hydrogen) atoms. The Hall–Kier alpha value is 0.460. The van der Waals surface area contributed by atoms with Gasteiger partial charge in [0, 0.05) is 19.4 Å². The van der Waals surface area contributed by atoms with Gasteiger partial charge in [-0.15, -0.1) is 11.3 Å². The largest absolute Gasteiger partial charge is 0.146 e. The Kier molecular flexibility index (Phi) is 4.36. The lowest BCUT2D eigenvalue weighted by molar-refractivity contribution is 1.21. The molecule has 1 aromatic carbocycles. The highest BCUT2D eigenvalue weighted by Gasteiger charge is 2.15. The standard InChI is InChI=1S/C11H6Br2Cl2S/c12-9-1-2-16-11(9)10(13)6-3-7(14)5-8(15)4-6/h1-5,10H. The number of hydrogen-bond donors (Lipinski definition) is 0. The molecule has 2 rings (SSSR count). The molecule has 0 aliphatic heterocycles. The molecule has 0 spiro atoms. The second-order valence-electron chi connectivity index (χ2n) is 3.20. The topological polar surface area (TPSA) is 0 Å². The zero-order valence-corrected chi connectivity index (χ0v) is 13.4. The summed E-state index contributed by atoms with van der Waals surface area (Å²) in [4.78, 5) is 1.32. The van der Waals surface area contributed by atoms with Crippen molar-refractivity contribution in [2.24, 2.45) is 0 Å². The Morgan fingerprint density at radius 2 is 1.75 bits per heavy atom. The van der Waals surface area contributed by atoms with Gasteiger partial charge in [0.1, 0.15) is 0 Å². The Bertz CT molecular complexity index is 490. The average molecular weight is 401 g/mol. The van der Waals surface area contributed by atoms with Crippen molar-refractivity contribution >= 4 is 66.4 Å². The van der Waals surface area contributed by atoms with Crippen molar-refractivity contribution in [2.45, 2.75) is 4.83 Å². The molecule has 0 saturated heterocycles. The second kappa shape index (κ2) is 5.40. The maximum absolute atomic E-state index is 5.98. The van der Waals surface area contributed by atoms with Gasteiger partial charge in [0.2, 0.25) is 0 Å². The van der Waals surface area contributed by atoms with E-state index in [1.165, 1.54) is 4.88 Å². The Morgan fingerprint density at radius 3 is 2.25 bits per heavy atom. The fraction of sp³-hybridized carbons (Fsp3) is 0.0909. The number of rotatable bonds is 2. The maximum atomic E-state index is 5.98. The molecule has 1 atom stereocenters. The lowest BCUT2D eigenvalue weighted by Gasteiger charge is -2.10. The zero-order chi connectivity index (χ0) is 11.7. The number of benzene rings is 1. The van der Waals surface area contributed by atoms with Crippen LogP contribution in [0.25, 0.3) is 0 Å². The monoisotopic (exact) mass is 398 g/mol. The summed E-state index contributed by atoms with van der Waals surface area (Å²) in [5.74, 6) is 0. The molecule has 0 aliphatic rings. The molecule has 84 valence electrons. The van der Waals surface area contributed by atoms with Crippen LogP contribution < -0.4 is 0 Å². The molecule has 2 aromatic rings. The summed E-state index contributed by atoms with van der Waals surface area (Å²) in [5.41, 5.74) is 1.06. The first-order valence-electron chi connectivity index (χ1n) is 4.41. The van der Waals surface area contributed by atoms with E-state index in [1.54, 1.807) is 17.4 Å².